The van der Waals surface area contributed by atoms with Crippen LogP contribution in [0.25, 0.3) is 0 Å². The number of hydrogen-bond acceptors (Lipinski definition) is 3. The molecule has 104 valence electrons. The van der Waals surface area contributed by atoms with Gasteiger partial charge < -0.3 is 10.2 Å². The summed E-state index contributed by atoms with van der Waals surface area (Å²) in [4.78, 5) is 18.8. The third kappa shape index (κ3) is 3.06. The topological polar surface area (TPSA) is 45.2 Å². The summed E-state index contributed by atoms with van der Waals surface area (Å²) in [6.45, 7) is 8.06. The van der Waals surface area contributed by atoms with Gasteiger partial charge in [0.15, 0.2) is 0 Å². The predicted octanol–water partition coefficient (Wildman–Crippen LogP) is 2.77. The van der Waals surface area contributed by atoms with Crippen LogP contribution in [0.4, 0.5) is 5.82 Å². The van der Waals surface area contributed by atoms with Crippen molar-refractivity contribution in [3.63, 3.8) is 0 Å². The zero-order valence-corrected chi connectivity index (χ0v) is 12.0. The Kier molecular flexibility index (Phi) is 4.40. The highest BCUT2D eigenvalue weighted by Crippen LogP contribution is 2.24. The van der Waals surface area contributed by atoms with Crippen LogP contribution in [0.3, 0.4) is 0 Å². The standard InChI is InChI=1S/C15H23N3O/c1-4-16-14-10-13(7-8-17-14)15(19)18-9-5-6-11(2)12(18)3/h7-8,10-12H,4-6,9H2,1-3H3,(H,16,17). The van der Waals surface area contributed by atoms with Gasteiger partial charge in [-0.2, -0.15) is 0 Å². The van der Waals surface area contributed by atoms with E-state index in [1.165, 1.54) is 6.42 Å². The largest absolute Gasteiger partial charge is 0.370 e. The maximum absolute atomic E-state index is 12.6. The van der Waals surface area contributed by atoms with E-state index >= 15 is 0 Å². The fraction of sp³-hybridized carbons (Fsp3) is 0.600. The van der Waals surface area contributed by atoms with Crippen LogP contribution in [0.15, 0.2) is 18.3 Å². The number of aromatic nitrogens is 1. The van der Waals surface area contributed by atoms with Crippen molar-refractivity contribution in [1.82, 2.24) is 9.88 Å². The molecule has 2 rings (SSSR count). The van der Waals surface area contributed by atoms with Crippen molar-refractivity contribution >= 4 is 11.7 Å². The summed E-state index contributed by atoms with van der Waals surface area (Å²) >= 11 is 0. The minimum Gasteiger partial charge on any atom is -0.370 e. The van der Waals surface area contributed by atoms with E-state index in [1.54, 1.807) is 12.3 Å². The van der Waals surface area contributed by atoms with Crippen molar-refractivity contribution in [2.24, 2.45) is 5.92 Å². The second-order valence-corrected chi connectivity index (χ2v) is 5.32. The second kappa shape index (κ2) is 6.04. The maximum atomic E-state index is 12.6. The van der Waals surface area contributed by atoms with Gasteiger partial charge in [-0.15, -0.1) is 0 Å². The third-order valence-corrected chi connectivity index (χ3v) is 4.00. The number of rotatable bonds is 3. The molecule has 1 aromatic heterocycles. The van der Waals surface area contributed by atoms with Crippen molar-refractivity contribution < 1.29 is 4.79 Å². The van der Waals surface area contributed by atoms with Gasteiger partial charge in [-0.3, -0.25) is 4.79 Å². The average Bonchev–Trinajstić information content (AvgIpc) is 2.42. The van der Waals surface area contributed by atoms with Crippen molar-refractivity contribution in [1.29, 1.82) is 0 Å². The highest BCUT2D eigenvalue weighted by atomic mass is 16.2. The van der Waals surface area contributed by atoms with Gasteiger partial charge in [-0.1, -0.05) is 6.92 Å². The summed E-state index contributed by atoms with van der Waals surface area (Å²) in [5.41, 5.74) is 0.729. The van der Waals surface area contributed by atoms with Gasteiger partial charge in [0.25, 0.3) is 5.91 Å². The molecule has 0 bridgehead atoms. The first-order valence-corrected chi connectivity index (χ1v) is 7.14. The predicted molar refractivity (Wildman–Crippen MR) is 77.3 cm³/mol. The molecule has 1 aromatic rings. The lowest BCUT2D eigenvalue weighted by molar-refractivity contribution is 0.0551. The quantitative estimate of drug-likeness (QED) is 0.910. The van der Waals surface area contributed by atoms with Gasteiger partial charge in [0.2, 0.25) is 0 Å². The molecule has 0 aliphatic carbocycles. The smallest absolute Gasteiger partial charge is 0.254 e. The van der Waals surface area contributed by atoms with E-state index in [9.17, 15) is 4.79 Å². The van der Waals surface area contributed by atoms with E-state index in [0.717, 1.165) is 30.9 Å². The van der Waals surface area contributed by atoms with Gasteiger partial charge >= 0.3 is 0 Å². The molecular weight excluding hydrogens is 238 g/mol. The molecule has 4 heteroatoms. The Morgan fingerprint density at radius 3 is 3.05 bits per heavy atom. The van der Waals surface area contributed by atoms with Crippen LogP contribution < -0.4 is 5.32 Å². The number of piperidine rings is 1. The Hall–Kier alpha value is -1.58. The molecule has 19 heavy (non-hydrogen) atoms. The number of nitrogens with zero attached hydrogens (tertiary/aromatic N) is 2. The molecule has 2 heterocycles. The highest BCUT2D eigenvalue weighted by molar-refractivity contribution is 5.95. The first-order chi connectivity index (χ1) is 9.13. The summed E-state index contributed by atoms with van der Waals surface area (Å²) in [7, 11) is 0. The van der Waals surface area contributed by atoms with Crippen LogP contribution in [-0.4, -0.2) is 34.9 Å². The van der Waals surface area contributed by atoms with Gasteiger partial charge in [0.05, 0.1) is 0 Å². The Labute approximate surface area is 115 Å². The van der Waals surface area contributed by atoms with Crippen LogP contribution in [0.5, 0.6) is 0 Å². The fourth-order valence-corrected chi connectivity index (χ4v) is 2.63. The molecule has 2 atom stereocenters. The Bertz CT molecular complexity index is 447. The lowest BCUT2D eigenvalue weighted by atomic mass is 9.91. The maximum Gasteiger partial charge on any atom is 0.254 e. The van der Waals surface area contributed by atoms with E-state index in [-0.39, 0.29) is 5.91 Å². The zero-order valence-electron chi connectivity index (χ0n) is 12.0. The van der Waals surface area contributed by atoms with E-state index in [2.05, 4.69) is 24.1 Å². The minimum atomic E-state index is 0.126. The summed E-state index contributed by atoms with van der Waals surface area (Å²) in [5.74, 6) is 1.47. The monoisotopic (exact) mass is 261 g/mol. The molecule has 4 nitrogen and oxygen atoms in total. The SMILES string of the molecule is CCNc1cc(C(=O)N2CCCC(C)C2C)ccn1. The lowest BCUT2D eigenvalue weighted by Crippen LogP contribution is -2.46. The molecule has 0 radical (unpaired) electrons. The Balaban J connectivity index is 2.16. The molecule has 0 saturated carbocycles. The second-order valence-electron chi connectivity index (χ2n) is 5.32. The van der Waals surface area contributed by atoms with Crippen LogP contribution in [0.2, 0.25) is 0 Å². The summed E-state index contributed by atoms with van der Waals surface area (Å²) in [6.07, 6.45) is 4.01. The van der Waals surface area contributed by atoms with Gasteiger partial charge in [0, 0.05) is 30.9 Å². The van der Waals surface area contributed by atoms with Crippen LogP contribution in [0, 0.1) is 5.92 Å². The van der Waals surface area contributed by atoms with Crippen LogP contribution in [0.1, 0.15) is 44.0 Å². The van der Waals surface area contributed by atoms with Gasteiger partial charge in [-0.05, 0) is 44.7 Å². The van der Waals surface area contributed by atoms with Crippen molar-refractivity contribution in [2.75, 3.05) is 18.4 Å². The average molecular weight is 261 g/mol. The molecule has 0 spiro atoms. The Morgan fingerprint density at radius 2 is 2.32 bits per heavy atom. The number of amides is 1. The normalized spacial score (nSPS) is 23.2. The van der Waals surface area contributed by atoms with E-state index in [0.29, 0.717) is 12.0 Å². The number of anilines is 1. The Morgan fingerprint density at radius 1 is 1.53 bits per heavy atom. The van der Waals surface area contributed by atoms with Gasteiger partial charge in [-0.25, -0.2) is 4.98 Å². The third-order valence-electron chi connectivity index (χ3n) is 4.00. The molecule has 1 N–H and O–H groups in total. The first kappa shape index (κ1) is 13.8. The molecule has 0 aromatic carbocycles. The highest BCUT2D eigenvalue weighted by Gasteiger charge is 2.29. The number of pyridine rings is 1. The number of carbonyl (C=O) groups is 1. The van der Waals surface area contributed by atoms with E-state index in [4.69, 9.17) is 0 Å². The molecule has 1 saturated heterocycles. The molecule has 2 unspecified atom stereocenters. The lowest BCUT2D eigenvalue weighted by Gasteiger charge is -2.38. The first-order valence-electron chi connectivity index (χ1n) is 7.14. The van der Waals surface area contributed by atoms with E-state index in [1.807, 2.05) is 17.9 Å². The summed E-state index contributed by atoms with van der Waals surface area (Å²) < 4.78 is 0. The molecule has 1 aliphatic heterocycles. The minimum absolute atomic E-state index is 0.126. The zero-order chi connectivity index (χ0) is 13.8. The molecule has 1 fully saturated rings. The van der Waals surface area contributed by atoms with E-state index < -0.39 is 0 Å². The van der Waals surface area contributed by atoms with Gasteiger partial charge in [0.1, 0.15) is 5.82 Å². The number of nitrogens with one attached hydrogen (secondary N) is 1. The van der Waals surface area contributed by atoms with Crippen molar-refractivity contribution in [3.8, 4) is 0 Å². The van der Waals surface area contributed by atoms with Crippen molar-refractivity contribution in [2.45, 2.75) is 39.7 Å². The van der Waals surface area contributed by atoms with Crippen LogP contribution in [-0.2, 0) is 0 Å². The number of likely N-dealkylation sites (tertiary alicyclic amines) is 1. The summed E-state index contributed by atoms with van der Waals surface area (Å²) in [5, 5.41) is 3.14. The fourth-order valence-electron chi connectivity index (χ4n) is 2.63. The van der Waals surface area contributed by atoms with Crippen LogP contribution >= 0.6 is 0 Å². The molecule has 1 aliphatic rings. The molecular formula is C15H23N3O. The number of hydrogen-bond donors (Lipinski definition) is 1. The van der Waals surface area contributed by atoms with Crippen molar-refractivity contribution in [3.05, 3.63) is 23.9 Å². The molecule has 1 amide bonds. The summed E-state index contributed by atoms with van der Waals surface area (Å²) in [6, 6.07) is 3.96. The number of carbonyl (C=O) groups excluding carboxylic acids is 1.